The van der Waals surface area contributed by atoms with Gasteiger partial charge in [0.25, 0.3) is 5.91 Å². The number of aliphatic carboxylic acids is 1. The summed E-state index contributed by atoms with van der Waals surface area (Å²) in [6, 6.07) is -0.927. The van der Waals surface area contributed by atoms with E-state index in [1.165, 1.54) is 0 Å². The van der Waals surface area contributed by atoms with Gasteiger partial charge in [0.15, 0.2) is 0 Å². The molecule has 19 heavy (non-hydrogen) atoms. The SMILES string of the molecule is Nc1nonc1C(=O)NC(C(=O)O)C1CCCCC1. The Kier molecular flexibility index (Phi) is 3.98. The number of nitrogens with two attached hydrogens (primary N) is 1. The van der Waals surface area contributed by atoms with Crippen molar-refractivity contribution in [2.45, 2.75) is 38.1 Å². The molecule has 2 rings (SSSR count). The molecule has 1 aromatic heterocycles. The molecule has 0 aliphatic heterocycles. The van der Waals surface area contributed by atoms with E-state index in [-0.39, 0.29) is 17.4 Å². The summed E-state index contributed by atoms with van der Waals surface area (Å²) in [5.41, 5.74) is 5.22. The second-order valence-corrected chi connectivity index (χ2v) is 4.69. The summed E-state index contributed by atoms with van der Waals surface area (Å²) in [4.78, 5) is 23.2. The zero-order valence-electron chi connectivity index (χ0n) is 10.3. The van der Waals surface area contributed by atoms with Crippen molar-refractivity contribution in [1.29, 1.82) is 0 Å². The van der Waals surface area contributed by atoms with Gasteiger partial charge in [-0.3, -0.25) is 4.79 Å². The molecular formula is C11H16N4O4. The molecule has 0 saturated heterocycles. The highest BCUT2D eigenvalue weighted by Crippen LogP contribution is 2.26. The van der Waals surface area contributed by atoms with Crippen molar-refractivity contribution in [3.05, 3.63) is 5.69 Å². The van der Waals surface area contributed by atoms with Crippen molar-refractivity contribution >= 4 is 17.7 Å². The van der Waals surface area contributed by atoms with Crippen LogP contribution in [0.15, 0.2) is 4.63 Å². The van der Waals surface area contributed by atoms with E-state index in [1.54, 1.807) is 0 Å². The normalized spacial score (nSPS) is 17.9. The number of carboxylic acid groups (broad SMARTS) is 1. The lowest BCUT2D eigenvalue weighted by molar-refractivity contribution is -0.141. The Morgan fingerprint density at radius 3 is 2.53 bits per heavy atom. The largest absolute Gasteiger partial charge is 0.480 e. The number of rotatable bonds is 4. The summed E-state index contributed by atoms with van der Waals surface area (Å²) in [5.74, 6) is -1.92. The summed E-state index contributed by atoms with van der Waals surface area (Å²) in [5, 5.41) is 18.3. The molecule has 8 nitrogen and oxygen atoms in total. The average Bonchev–Trinajstić information content (AvgIpc) is 2.82. The van der Waals surface area contributed by atoms with Gasteiger partial charge in [-0.05, 0) is 29.1 Å². The summed E-state index contributed by atoms with van der Waals surface area (Å²) < 4.78 is 4.32. The Bertz CT molecular complexity index is 467. The number of nitrogens with zero attached hydrogens (tertiary/aromatic N) is 2. The minimum atomic E-state index is -1.05. The minimum absolute atomic E-state index is 0.0590. The van der Waals surface area contributed by atoms with Gasteiger partial charge in [-0.2, -0.15) is 0 Å². The lowest BCUT2D eigenvalue weighted by atomic mass is 9.84. The smallest absolute Gasteiger partial charge is 0.326 e. The molecular weight excluding hydrogens is 252 g/mol. The maximum absolute atomic E-state index is 11.9. The summed E-state index contributed by atoms with van der Waals surface area (Å²) >= 11 is 0. The van der Waals surface area contributed by atoms with Crippen LogP contribution in [0.1, 0.15) is 42.6 Å². The second-order valence-electron chi connectivity index (χ2n) is 4.69. The first-order valence-electron chi connectivity index (χ1n) is 6.21. The predicted octanol–water partition coefficient (Wildman–Crippen LogP) is 0.415. The Balaban J connectivity index is 2.06. The highest BCUT2D eigenvalue weighted by Gasteiger charge is 2.32. The van der Waals surface area contributed by atoms with Crippen LogP contribution in [0.2, 0.25) is 0 Å². The Morgan fingerprint density at radius 1 is 1.32 bits per heavy atom. The van der Waals surface area contributed by atoms with Gasteiger partial charge in [0.1, 0.15) is 6.04 Å². The minimum Gasteiger partial charge on any atom is -0.480 e. The third-order valence-electron chi connectivity index (χ3n) is 3.40. The summed E-state index contributed by atoms with van der Waals surface area (Å²) in [6.45, 7) is 0. The van der Waals surface area contributed by atoms with Gasteiger partial charge < -0.3 is 16.2 Å². The van der Waals surface area contributed by atoms with Gasteiger partial charge in [-0.25, -0.2) is 9.42 Å². The lowest BCUT2D eigenvalue weighted by Crippen LogP contribution is -2.46. The molecule has 1 aromatic rings. The molecule has 4 N–H and O–H groups in total. The second kappa shape index (κ2) is 5.68. The van der Waals surface area contributed by atoms with Gasteiger partial charge in [-0.15, -0.1) is 0 Å². The van der Waals surface area contributed by atoms with Crippen LogP contribution in [-0.4, -0.2) is 33.3 Å². The molecule has 1 fully saturated rings. The van der Waals surface area contributed by atoms with E-state index in [1.807, 2.05) is 0 Å². The monoisotopic (exact) mass is 268 g/mol. The summed E-state index contributed by atoms with van der Waals surface area (Å²) in [7, 11) is 0. The average molecular weight is 268 g/mol. The fraction of sp³-hybridized carbons (Fsp3) is 0.636. The van der Waals surface area contributed by atoms with Crippen LogP contribution in [0.25, 0.3) is 0 Å². The van der Waals surface area contributed by atoms with Gasteiger partial charge in [0.05, 0.1) is 0 Å². The predicted molar refractivity (Wildman–Crippen MR) is 64.2 cm³/mol. The van der Waals surface area contributed by atoms with E-state index in [0.717, 1.165) is 32.1 Å². The highest BCUT2D eigenvalue weighted by molar-refractivity contribution is 5.98. The first-order valence-corrected chi connectivity index (χ1v) is 6.21. The van der Waals surface area contributed by atoms with Gasteiger partial charge in [-0.1, -0.05) is 19.3 Å². The van der Waals surface area contributed by atoms with E-state index in [4.69, 9.17) is 5.73 Å². The quantitative estimate of drug-likeness (QED) is 0.720. The number of anilines is 1. The number of amides is 1. The number of hydrogen-bond acceptors (Lipinski definition) is 6. The van der Waals surface area contributed by atoms with E-state index in [2.05, 4.69) is 20.3 Å². The zero-order valence-corrected chi connectivity index (χ0v) is 10.3. The van der Waals surface area contributed by atoms with Crippen molar-refractivity contribution in [3.8, 4) is 0 Å². The van der Waals surface area contributed by atoms with Crippen LogP contribution >= 0.6 is 0 Å². The van der Waals surface area contributed by atoms with E-state index >= 15 is 0 Å². The number of hydrogen-bond donors (Lipinski definition) is 3. The van der Waals surface area contributed by atoms with E-state index in [0.29, 0.717) is 0 Å². The number of nitrogen functional groups attached to an aromatic ring is 1. The molecule has 0 aromatic carbocycles. The Labute approximate surface area is 109 Å². The van der Waals surface area contributed by atoms with E-state index < -0.39 is 17.9 Å². The maximum atomic E-state index is 11.9. The van der Waals surface area contributed by atoms with Crippen molar-refractivity contribution < 1.29 is 19.3 Å². The standard InChI is InChI=1S/C11H16N4O4/c12-9-8(14-19-15-9)10(16)13-7(11(17)18)6-4-2-1-3-5-6/h6-7H,1-5H2,(H2,12,15)(H,13,16)(H,17,18). The molecule has 104 valence electrons. The first-order chi connectivity index (χ1) is 9.09. The molecule has 8 heteroatoms. The third-order valence-corrected chi connectivity index (χ3v) is 3.40. The number of nitrogens with one attached hydrogen (secondary N) is 1. The summed E-state index contributed by atoms with van der Waals surface area (Å²) in [6.07, 6.45) is 4.67. The topological polar surface area (TPSA) is 131 Å². The molecule has 0 radical (unpaired) electrons. The van der Waals surface area contributed by atoms with Crippen molar-refractivity contribution in [3.63, 3.8) is 0 Å². The van der Waals surface area contributed by atoms with Crippen LogP contribution in [0.3, 0.4) is 0 Å². The van der Waals surface area contributed by atoms with Crippen LogP contribution in [0, 0.1) is 5.92 Å². The lowest BCUT2D eigenvalue weighted by Gasteiger charge is -2.27. The molecule has 1 unspecified atom stereocenters. The van der Waals surface area contributed by atoms with Gasteiger partial charge in [0.2, 0.25) is 11.5 Å². The number of carbonyl (C=O) groups excluding carboxylic acids is 1. The van der Waals surface area contributed by atoms with Crippen LogP contribution < -0.4 is 11.1 Å². The molecule has 1 saturated carbocycles. The zero-order chi connectivity index (χ0) is 13.8. The maximum Gasteiger partial charge on any atom is 0.326 e. The Morgan fingerprint density at radius 2 is 2.00 bits per heavy atom. The fourth-order valence-corrected chi connectivity index (χ4v) is 2.41. The number of carboxylic acids is 1. The van der Waals surface area contributed by atoms with Gasteiger partial charge in [0, 0.05) is 0 Å². The van der Waals surface area contributed by atoms with Crippen molar-refractivity contribution in [2.75, 3.05) is 5.73 Å². The van der Waals surface area contributed by atoms with E-state index in [9.17, 15) is 14.7 Å². The molecule has 1 heterocycles. The molecule has 0 spiro atoms. The molecule has 1 amide bonds. The highest BCUT2D eigenvalue weighted by atomic mass is 16.6. The van der Waals surface area contributed by atoms with Crippen LogP contribution in [0.4, 0.5) is 5.82 Å². The number of aromatic nitrogens is 2. The molecule has 1 atom stereocenters. The third kappa shape index (κ3) is 3.01. The first kappa shape index (κ1) is 13.3. The molecule has 1 aliphatic carbocycles. The fourth-order valence-electron chi connectivity index (χ4n) is 2.41. The number of carbonyl (C=O) groups is 2. The Hall–Kier alpha value is -2.12. The van der Waals surface area contributed by atoms with Crippen molar-refractivity contribution in [1.82, 2.24) is 15.6 Å². The van der Waals surface area contributed by atoms with Crippen molar-refractivity contribution in [2.24, 2.45) is 5.92 Å². The molecule has 0 bridgehead atoms. The van der Waals surface area contributed by atoms with Crippen LogP contribution in [0.5, 0.6) is 0 Å². The van der Waals surface area contributed by atoms with Crippen LogP contribution in [-0.2, 0) is 4.79 Å². The molecule has 1 aliphatic rings. The van der Waals surface area contributed by atoms with Gasteiger partial charge >= 0.3 is 5.97 Å².